The summed E-state index contributed by atoms with van der Waals surface area (Å²) >= 11 is 1.43. The number of nitrogens with zero attached hydrogens (tertiary/aromatic N) is 1. The monoisotopic (exact) mass is 329 g/mol. The predicted octanol–water partition coefficient (Wildman–Crippen LogP) is 1.11. The van der Waals surface area contributed by atoms with Crippen LogP contribution in [0.3, 0.4) is 0 Å². The Morgan fingerprint density at radius 3 is 2.86 bits per heavy atom. The highest BCUT2D eigenvalue weighted by Crippen LogP contribution is 2.22. The number of rotatable bonds is 4. The molecule has 0 aromatic carbocycles. The van der Waals surface area contributed by atoms with E-state index in [1.807, 2.05) is 17.5 Å². The van der Waals surface area contributed by atoms with Crippen LogP contribution in [-0.2, 0) is 4.79 Å². The number of carbonyl (C=O) groups excluding carboxylic acids is 2. The number of nitrogens with one attached hydrogen (secondary N) is 2. The molecule has 1 atom stereocenters. The summed E-state index contributed by atoms with van der Waals surface area (Å²) in [5, 5.41) is 8.06. The molecule has 2 saturated heterocycles. The van der Waals surface area contributed by atoms with E-state index >= 15 is 0 Å². The van der Waals surface area contributed by atoms with E-state index in [-0.39, 0.29) is 30.3 Å². The molecule has 7 heteroatoms. The lowest BCUT2D eigenvalue weighted by Gasteiger charge is -2.29. The van der Waals surface area contributed by atoms with Gasteiger partial charge in [-0.05, 0) is 24.3 Å². The Morgan fingerprint density at radius 1 is 1.43 bits per heavy atom. The van der Waals surface area contributed by atoms with Crippen molar-refractivity contribution in [1.29, 1.82) is 0 Å². The van der Waals surface area contributed by atoms with Gasteiger partial charge in [-0.1, -0.05) is 6.07 Å². The molecule has 1 unspecified atom stereocenters. The minimum atomic E-state index is -0.294. The Kier molecular flexibility index (Phi) is 5.61. The van der Waals surface area contributed by atoms with Crippen LogP contribution in [0, 0.1) is 5.92 Å². The van der Waals surface area contributed by atoms with Crippen molar-refractivity contribution in [3.63, 3.8) is 0 Å². The summed E-state index contributed by atoms with van der Waals surface area (Å²) in [6.45, 7) is 3.34. The minimum absolute atomic E-state index is 0. The summed E-state index contributed by atoms with van der Waals surface area (Å²) in [6.07, 6.45) is 1.67. The summed E-state index contributed by atoms with van der Waals surface area (Å²) in [5.74, 6) is 0.532. The Morgan fingerprint density at radius 2 is 2.24 bits per heavy atom. The van der Waals surface area contributed by atoms with Gasteiger partial charge < -0.3 is 15.5 Å². The van der Waals surface area contributed by atoms with Gasteiger partial charge in [-0.3, -0.25) is 9.59 Å². The summed E-state index contributed by atoms with van der Waals surface area (Å²) in [5.41, 5.74) is 0. The van der Waals surface area contributed by atoms with Gasteiger partial charge in [0.05, 0.1) is 4.88 Å². The van der Waals surface area contributed by atoms with Crippen molar-refractivity contribution in [3.8, 4) is 0 Å². The fraction of sp³-hybridized carbons (Fsp3) is 0.571. The molecule has 21 heavy (non-hydrogen) atoms. The molecule has 3 heterocycles. The number of hydrogen-bond donors (Lipinski definition) is 2. The maximum Gasteiger partial charge on any atom is 0.264 e. The summed E-state index contributed by atoms with van der Waals surface area (Å²) in [4.78, 5) is 27.1. The number of hydrogen-bond acceptors (Lipinski definition) is 4. The maximum atomic E-state index is 12.4. The van der Waals surface area contributed by atoms with Gasteiger partial charge in [0.25, 0.3) is 5.91 Å². The van der Waals surface area contributed by atoms with E-state index in [0.717, 1.165) is 25.9 Å². The van der Waals surface area contributed by atoms with Crippen molar-refractivity contribution in [2.75, 3.05) is 26.2 Å². The third-order valence-corrected chi connectivity index (χ3v) is 4.84. The third-order valence-electron chi connectivity index (χ3n) is 3.98. The van der Waals surface area contributed by atoms with Gasteiger partial charge in [-0.2, -0.15) is 0 Å². The van der Waals surface area contributed by atoms with Gasteiger partial charge in [0.2, 0.25) is 5.91 Å². The average molecular weight is 330 g/mol. The first-order valence-corrected chi connectivity index (χ1v) is 7.96. The molecule has 0 spiro atoms. The van der Waals surface area contributed by atoms with E-state index in [9.17, 15) is 9.59 Å². The van der Waals surface area contributed by atoms with Crippen LogP contribution in [0.5, 0.6) is 0 Å². The van der Waals surface area contributed by atoms with Gasteiger partial charge in [-0.15, -0.1) is 23.7 Å². The summed E-state index contributed by atoms with van der Waals surface area (Å²) < 4.78 is 0. The van der Waals surface area contributed by atoms with E-state index in [1.165, 1.54) is 11.3 Å². The van der Waals surface area contributed by atoms with Crippen molar-refractivity contribution in [1.82, 2.24) is 15.5 Å². The lowest BCUT2D eigenvalue weighted by Crippen LogP contribution is -2.51. The topological polar surface area (TPSA) is 61.4 Å². The van der Waals surface area contributed by atoms with Crippen LogP contribution in [0.25, 0.3) is 0 Å². The number of halogens is 1. The Labute approximate surface area is 134 Å². The molecule has 2 fully saturated rings. The van der Waals surface area contributed by atoms with E-state index in [4.69, 9.17) is 0 Å². The van der Waals surface area contributed by atoms with Gasteiger partial charge in [-0.25, -0.2) is 0 Å². The first-order chi connectivity index (χ1) is 9.75. The molecule has 5 nitrogen and oxygen atoms in total. The molecule has 0 aliphatic carbocycles. The normalized spacial score (nSPS) is 21.5. The molecule has 2 N–H and O–H groups in total. The van der Waals surface area contributed by atoms with E-state index in [0.29, 0.717) is 23.9 Å². The highest BCUT2D eigenvalue weighted by Gasteiger charge is 2.35. The molecule has 0 radical (unpaired) electrons. The number of amides is 2. The molecule has 1 aromatic rings. The van der Waals surface area contributed by atoms with Crippen molar-refractivity contribution >= 4 is 35.6 Å². The smallest absolute Gasteiger partial charge is 0.264 e. The fourth-order valence-electron chi connectivity index (χ4n) is 2.68. The minimum Gasteiger partial charge on any atom is -0.354 e. The Hall–Kier alpha value is -1.11. The van der Waals surface area contributed by atoms with Crippen molar-refractivity contribution in [3.05, 3.63) is 22.4 Å². The second-order valence-corrected chi connectivity index (χ2v) is 6.35. The van der Waals surface area contributed by atoms with Crippen LogP contribution in [0.2, 0.25) is 0 Å². The SMILES string of the molecule is Cl.O=C(NCC1CNC1)C1CCCN1C(=O)c1cccs1. The first kappa shape index (κ1) is 16.3. The Balaban J connectivity index is 0.00000161. The van der Waals surface area contributed by atoms with Gasteiger partial charge in [0.1, 0.15) is 6.04 Å². The average Bonchev–Trinajstić information content (AvgIpc) is 3.07. The molecule has 116 valence electrons. The van der Waals surface area contributed by atoms with Gasteiger partial charge >= 0.3 is 0 Å². The first-order valence-electron chi connectivity index (χ1n) is 7.08. The zero-order valence-electron chi connectivity index (χ0n) is 11.7. The van der Waals surface area contributed by atoms with Crippen molar-refractivity contribution in [2.45, 2.75) is 18.9 Å². The summed E-state index contributed by atoms with van der Waals surface area (Å²) in [7, 11) is 0. The Bertz CT molecular complexity index is 490. The zero-order chi connectivity index (χ0) is 13.9. The van der Waals surface area contributed by atoms with Crippen LogP contribution in [-0.4, -0.2) is 48.9 Å². The van der Waals surface area contributed by atoms with E-state index in [1.54, 1.807) is 4.90 Å². The van der Waals surface area contributed by atoms with E-state index < -0.39 is 0 Å². The third kappa shape index (κ3) is 3.56. The highest BCUT2D eigenvalue weighted by atomic mass is 35.5. The molecule has 0 saturated carbocycles. The molecule has 2 amide bonds. The molecule has 3 rings (SSSR count). The zero-order valence-corrected chi connectivity index (χ0v) is 13.3. The molecule has 2 aliphatic rings. The number of thiophene rings is 1. The highest BCUT2D eigenvalue weighted by molar-refractivity contribution is 7.12. The van der Waals surface area contributed by atoms with Gasteiger partial charge in [0, 0.05) is 32.1 Å². The lowest BCUT2D eigenvalue weighted by atomic mass is 10.0. The van der Waals surface area contributed by atoms with Crippen molar-refractivity contribution in [2.24, 2.45) is 5.92 Å². The number of carbonyl (C=O) groups is 2. The number of likely N-dealkylation sites (tertiary alicyclic amines) is 1. The van der Waals surface area contributed by atoms with Crippen LogP contribution in [0.15, 0.2) is 17.5 Å². The largest absolute Gasteiger partial charge is 0.354 e. The van der Waals surface area contributed by atoms with E-state index in [2.05, 4.69) is 10.6 Å². The standard InChI is InChI=1S/C14H19N3O2S.ClH/c18-13(16-9-10-7-15-8-10)11-3-1-5-17(11)14(19)12-4-2-6-20-12;/h2,4,6,10-11,15H,1,3,5,7-9H2,(H,16,18);1H. The molecule has 2 aliphatic heterocycles. The van der Waals surface area contributed by atoms with Crippen LogP contribution in [0.1, 0.15) is 22.5 Å². The van der Waals surface area contributed by atoms with Crippen LogP contribution >= 0.6 is 23.7 Å². The van der Waals surface area contributed by atoms with Gasteiger partial charge in [0.15, 0.2) is 0 Å². The molecule has 0 bridgehead atoms. The van der Waals surface area contributed by atoms with Crippen LogP contribution < -0.4 is 10.6 Å². The maximum absolute atomic E-state index is 12.4. The fourth-order valence-corrected chi connectivity index (χ4v) is 3.36. The van der Waals surface area contributed by atoms with Crippen molar-refractivity contribution < 1.29 is 9.59 Å². The molecule has 1 aromatic heterocycles. The molecular weight excluding hydrogens is 310 g/mol. The molecular formula is C14H20ClN3O2S. The predicted molar refractivity (Wildman–Crippen MR) is 85.0 cm³/mol. The second kappa shape index (κ2) is 7.24. The van der Waals surface area contributed by atoms with Crippen LogP contribution in [0.4, 0.5) is 0 Å². The summed E-state index contributed by atoms with van der Waals surface area (Å²) in [6, 6.07) is 3.39. The second-order valence-electron chi connectivity index (χ2n) is 5.40. The lowest BCUT2D eigenvalue weighted by molar-refractivity contribution is -0.125. The quantitative estimate of drug-likeness (QED) is 0.870.